The summed E-state index contributed by atoms with van der Waals surface area (Å²) in [6.07, 6.45) is 23.5. The van der Waals surface area contributed by atoms with Crippen LogP contribution in [0.5, 0.6) is 0 Å². The Morgan fingerprint density at radius 3 is 2.58 bits per heavy atom. The van der Waals surface area contributed by atoms with Crippen LogP contribution >= 0.6 is 11.9 Å². The first kappa shape index (κ1) is 32.2. The number of carbonyl (C=O) groups is 1. The van der Waals surface area contributed by atoms with Crippen LogP contribution in [0, 0.1) is 11.3 Å². The molecule has 1 aromatic heterocycles. The van der Waals surface area contributed by atoms with Crippen LogP contribution in [0.3, 0.4) is 0 Å². The van der Waals surface area contributed by atoms with Crippen LogP contribution in [-0.4, -0.2) is 44.8 Å². The third kappa shape index (κ3) is 9.30. The molecule has 0 radical (unpaired) electrons. The fourth-order valence-corrected chi connectivity index (χ4v) is 5.97. The maximum atomic E-state index is 12.0. The van der Waals surface area contributed by atoms with Gasteiger partial charge in [0.05, 0.1) is 18.2 Å². The number of aryl methyl sites for hydroxylation is 1. The Balaban J connectivity index is 0.00000247. The normalized spacial score (nSPS) is 21.6. The maximum Gasteiger partial charge on any atom is 0.227 e. The average Bonchev–Trinajstić information content (AvgIpc) is 3.50. The minimum atomic E-state index is 0.236. The molecule has 3 rings (SSSR count). The predicted molar refractivity (Wildman–Crippen MR) is 165 cm³/mol. The lowest BCUT2D eigenvalue weighted by molar-refractivity contribution is -0.125. The van der Waals surface area contributed by atoms with Crippen molar-refractivity contribution in [3.05, 3.63) is 59.7 Å². The van der Waals surface area contributed by atoms with Crippen LogP contribution in [0.4, 0.5) is 0 Å². The summed E-state index contributed by atoms with van der Waals surface area (Å²) in [7, 11) is 1.90. The molecule has 0 N–H and O–H groups in total. The quantitative estimate of drug-likeness (QED) is 0.197. The maximum absolute atomic E-state index is 12.0. The molecule has 3 heterocycles. The molecule has 2 saturated heterocycles. The van der Waals surface area contributed by atoms with E-state index < -0.39 is 0 Å². The van der Waals surface area contributed by atoms with E-state index in [1.807, 2.05) is 50.3 Å². The molecule has 2 aliphatic rings. The molecular formula is C32H52N4OS. The van der Waals surface area contributed by atoms with Crippen LogP contribution in [0.2, 0.25) is 0 Å². The lowest BCUT2D eigenvalue weighted by Gasteiger charge is -2.38. The van der Waals surface area contributed by atoms with Crippen molar-refractivity contribution in [2.24, 2.45) is 11.3 Å². The summed E-state index contributed by atoms with van der Waals surface area (Å²) in [5.41, 5.74) is 4.19. The second-order valence-electron chi connectivity index (χ2n) is 10.5. The Morgan fingerprint density at radius 2 is 1.92 bits per heavy atom. The molecule has 0 saturated carbocycles. The number of allylic oxidation sites excluding steroid dienone is 7. The number of amides is 1. The average molecular weight is 541 g/mol. The van der Waals surface area contributed by atoms with Gasteiger partial charge in [0.1, 0.15) is 0 Å². The predicted octanol–water partition coefficient (Wildman–Crippen LogP) is 8.49. The largest absolute Gasteiger partial charge is 0.331 e. The molecule has 1 aromatic rings. The van der Waals surface area contributed by atoms with Gasteiger partial charge in [-0.1, -0.05) is 77.8 Å². The number of rotatable bonds is 12. The van der Waals surface area contributed by atoms with Crippen molar-refractivity contribution in [1.82, 2.24) is 18.8 Å². The first-order valence-corrected chi connectivity index (χ1v) is 15.7. The van der Waals surface area contributed by atoms with E-state index >= 15 is 0 Å². The number of hydrogen-bond acceptors (Lipinski definition) is 4. The number of carbonyl (C=O) groups excluding carboxylic acids is 1. The molecule has 2 fully saturated rings. The number of hydrogen-bond donors (Lipinski definition) is 0. The lowest BCUT2D eigenvalue weighted by Crippen LogP contribution is -2.34. The minimum absolute atomic E-state index is 0.236. The number of nitrogens with zero attached hydrogens (tertiary/aromatic N) is 4. The molecule has 0 spiro atoms. The van der Waals surface area contributed by atoms with Gasteiger partial charge < -0.3 is 9.47 Å². The summed E-state index contributed by atoms with van der Waals surface area (Å²) >= 11 is 1.81. The first-order valence-electron chi connectivity index (χ1n) is 14.8. The SMILES string of the molecule is CC.CC/C=C\C=C(/CC)c1cncn1CCCC1(C)CCN(S/C=C/C=C2\C(CC)CC(=O)N2C)CC1. The van der Waals surface area contributed by atoms with E-state index in [2.05, 4.69) is 77.3 Å². The van der Waals surface area contributed by atoms with Gasteiger partial charge in [-0.25, -0.2) is 9.29 Å². The van der Waals surface area contributed by atoms with Crippen molar-refractivity contribution in [2.75, 3.05) is 20.1 Å². The highest BCUT2D eigenvalue weighted by atomic mass is 32.2. The molecule has 1 unspecified atom stereocenters. The molecule has 2 aliphatic heterocycles. The Morgan fingerprint density at radius 1 is 1.18 bits per heavy atom. The first-order chi connectivity index (χ1) is 18.4. The zero-order chi connectivity index (χ0) is 28.0. The van der Waals surface area contributed by atoms with Gasteiger partial charge in [-0.15, -0.1) is 0 Å². The second-order valence-corrected chi connectivity index (χ2v) is 11.5. The van der Waals surface area contributed by atoms with Gasteiger partial charge in [0.15, 0.2) is 0 Å². The van der Waals surface area contributed by atoms with E-state index in [0.717, 1.165) is 44.6 Å². The highest BCUT2D eigenvalue weighted by Gasteiger charge is 2.31. The van der Waals surface area contributed by atoms with Crippen molar-refractivity contribution in [3.63, 3.8) is 0 Å². The molecule has 0 aromatic carbocycles. The molecular weight excluding hydrogens is 488 g/mol. The summed E-state index contributed by atoms with van der Waals surface area (Å²) < 4.78 is 4.81. The van der Waals surface area contributed by atoms with Gasteiger partial charge in [-0.05, 0) is 67.4 Å². The van der Waals surface area contributed by atoms with E-state index in [9.17, 15) is 4.79 Å². The van der Waals surface area contributed by atoms with E-state index in [-0.39, 0.29) is 5.91 Å². The molecule has 0 aliphatic carbocycles. The van der Waals surface area contributed by atoms with Crippen molar-refractivity contribution in [1.29, 1.82) is 0 Å². The summed E-state index contributed by atoms with van der Waals surface area (Å²) in [6.45, 7) is 16.3. The van der Waals surface area contributed by atoms with E-state index in [1.165, 1.54) is 37.0 Å². The standard InChI is InChI=1S/C30H46N4OS.C2H6/c1-6-9-10-13-25(7-2)28-23-31-24-33(28)18-12-15-30(4)16-19-34(20-17-30)36-21-11-14-27-26(8-3)22-29(35)32(27)5;1-2/h9-11,13-14,21,23-24,26H,6-8,12,15-20,22H2,1-5H3;1-2H3/b10-9-,21-11+,25-13+,27-14+;. The van der Waals surface area contributed by atoms with Crippen molar-refractivity contribution < 1.29 is 4.79 Å². The third-order valence-corrected chi connectivity index (χ3v) is 8.79. The molecule has 5 nitrogen and oxygen atoms in total. The molecule has 6 heteroatoms. The van der Waals surface area contributed by atoms with Gasteiger partial charge in [-0.3, -0.25) is 4.79 Å². The monoisotopic (exact) mass is 540 g/mol. The number of likely N-dealkylation sites (tertiary alicyclic amines) is 1. The molecule has 1 atom stereocenters. The van der Waals surface area contributed by atoms with Crippen LogP contribution in [0.25, 0.3) is 5.57 Å². The van der Waals surface area contributed by atoms with Crippen LogP contribution in [0.1, 0.15) is 98.6 Å². The van der Waals surface area contributed by atoms with Crippen LogP contribution in [0.15, 0.2) is 54.0 Å². The summed E-state index contributed by atoms with van der Waals surface area (Å²) in [5, 5.41) is 2.17. The summed E-state index contributed by atoms with van der Waals surface area (Å²) in [5.74, 6) is 0.605. The van der Waals surface area contributed by atoms with E-state index in [0.29, 0.717) is 17.8 Å². The van der Waals surface area contributed by atoms with Gasteiger partial charge in [0, 0.05) is 44.7 Å². The van der Waals surface area contributed by atoms with Crippen molar-refractivity contribution in [3.8, 4) is 0 Å². The molecule has 38 heavy (non-hydrogen) atoms. The Labute approximate surface area is 237 Å². The van der Waals surface area contributed by atoms with Gasteiger partial charge in [0.25, 0.3) is 0 Å². The van der Waals surface area contributed by atoms with Crippen LogP contribution < -0.4 is 0 Å². The zero-order valence-electron chi connectivity index (χ0n) is 25.1. The number of aromatic nitrogens is 2. The van der Waals surface area contributed by atoms with E-state index in [1.54, 1.807) is 0 Å². The van der Waals surface area contributed by atoms with Crippen molar-refractivity contribution in [2.45, 2.75) is 99.5 Å². The lowest BCUT2D eigenvalue weighted by atomic mass is 9.77. The molecule has 1 amide bonds. The Hall–Kier alpha value is -2.05. The third-order valence-electron chi connectivity index (χ3n) is 7.85. The second kappa shape index (κ2) is 16.8. The minimum Gasteiger partial charge on any atom is -0.331 e. The smallest absolute Gasteiger partial charge is 0.227 e. The van der Waals surface area contributed by atoms with Crippen LogP contribution in [-0.2, 0) is 11.3 Å². The highest BCUT2D eigenvalue weighted by Crippen LogP contribution is 2.38. The summed E-state index contributed by atoms with van der Waals surface area (Å²) in [4.78, 5) is 18.3. The summed E-state index contributed by atoms with van der Waals surface area (Å²) in [6, 6.07) is 0. The van der Waals surface area contributed by atoms with Gasteiger partial charge in [-0.2, -0.15) is 0 Å². The fraction of sp³-hybridized carbons (Fsp3) is 0.625. The van der Waals surface area contributed by atoms with Gasteiger partial charge >= 0.3 is 0 Å². The molecule has 212 valence electrons. The Kier molecular flexibility index (Phi) is 14.2. The topological polar surface area (TPSA) is 41.4 Å². The fourth-order valence-electron chi connectivity index (χ4n) is 5.26. The van der Waals surface area contributed by atoms with Gasteiger partial charge in [0.2, 0.25) is 5.91 Å². The zero-order valence-corrected chi connectivity index (χ0v) is 25.9. The number of piperidine rings is 1. The van der Waals surface area contributed by atoms with Crippen molar-refractivity contribution >= 4 is 23.4 Å². The Bertz CT molecular complexity index is 966. The molecule has 0 bridgehead atoms. The number of imidazole rings is 1. The highest BCUT2D eigenvalue weighted by molar-refractivity contribution is 7.99. The van der Waals surface area contributed by atoms with E-state index in [4.69, 9.17) is 0 Å².